The van der Waals surface area contributed by atoms with Gasteiger partial charge in [0.2, 0.25) is 11.8 Å². The van der Waals surface area contributed by atoms with Gasteiger partial charge in [-0.3, -0.25) is 24.1 Å². The number of benzene rings is 3. The van der Waals surface area contributed by atoms with Crippen LogP contribution < -0.4 is 0 Å². The van der Waals surface area contributed by atoms with Gasteiger partial charge in [0.15, 0.2) is 12.4 Å². The molecule has 2 bridgehead atoms. The Bertz CT molecular complexity index is 1400. The van der Waals surface area contributed by atoms with Crippen LogP contribution in [0.5, 0.6) is 0 Å². The minimum absolute atomic E-state index is 0.192. The lowest BCUT2D eigenvalue weighted by Crippen LogP contribution is -2.57. The van der Waals surface area contributed by atoms with Crippen molar-refractivity contribution in [3.8, 4) is 0 Å². The molecule has 0 spiro atoms. The fourth-order valence-electron chi connectivity index (χ4n) is 6.09. The van der Waals surface area contributed by atoms with Gasteiger partial charge < -0.3 is 4.74 Å². The van der Waals surface area contributed by atoms with E-state index in [0.717, 1.165) is 9.37 Å². The quantitative estimate of drug-likeness (QED) is 0.166. The molecule has 38 heavy (non-hydrogen) atoms. The summed E-state index contributed by atoms with van der Waals surface area (Å²) in [6, 6.07) is 21.5. The van der Waals surface area contributed by atoms with Crippen LogP contribution in [0.1, 0.15) is 39.0 Å². The first kappa shape index (κ1) is 25.3. The number of halogens is 3. The van der Waals surface area contributed by atoms with Crippen LogP contribution >= 0.6 is 39.1 Å². The summed E-state index contributed by atoms with van der Waals surface area (Å²) in [6.45, 7) is -0.629. The molecule has 1 heterocycles. The van der Waals surface area contributed by atoms with Crippen LogP contribution in [0.15, 0.2) is 77.3 Å². The average Bonchev–Trinajstić information content (AvgIpc) is 3.19. The predicted molar refractivity (Wildman–Crippen MR) is 144 cm³/mol. The molecule has 3 aliphatic carbocycles. The highest BCUT2D eigenvalue weighted by molar-refractivity contribution is 9.10. The summed E-state index contributed by atoms with van der Waals surface area (Å²) in [5.74, 6) is -3.83. The lowest BCUT2D eigenvalue weighted by molar-refractivity contribution is -0.145. The summed E-state index contributed by atoms with van der Waals surface area (Å²) in [7, 11) is 0. The maximum absolute atomic E-state index is 13.8. The Kier molecular flexibility index (Phi) is 6.02. The third-order valence-electron chi connectivity index (χ3n) is 7.75. The third-order valence-corrected chi connectivity index (χ3v) is 9.56. The van der Waals surface area contributed by atoms with Crippen molar-refractivity contribution in [2.75, 3.05) is 13.2 Å². The van der Waals surface area contributed by atoms with E-state index in [1.54, 1.807) is 24.3 Å². The van der Waals surface area contributed by atoms with Gasteiger partial charge in [-0.1, -0.05) is 76.6 Å². The van der Waals surface area contributed by atoms with Crippen LogP contribution in [0, 0.1) is 11.8 Å². The van der Waals surface area contributed by atoms with Gasteiger partial charge in [-0.2, -0.15) is 0 Å². The van der Waals surface area contributed by atoms with Crippen molar-refractivity contribution in [1.82, 2.24) is 4.90 Å². The molecule has 0 unspecified atom stereocenters. The smallest absolute Gasteiger partial charge is 0.308 e. The first-order chi connectivity index (χ1) is 18.2. The Labute approximate surface area is 237 Å². The third kappa shape index (κ3) is 3.45. The van der Waals surface area contributed by atoms with Crippen molar-refractivity contribution in [3.63, 3.8) is 0 Å². The maximum atomic E-state index is 13.8. The Hall–Kier alpha value is -3.00. The Morgan fingerprint density at radius 1 is 0.789 bits per heavy atom. The van der Waals surface area contributed by atoms with Crippen LogP contribution in [-0.2, 0) is 28.9 Å². The summed E-state index contributed by atoms with van der Waals surface area (Å²) in [6.07, 6.45) is -0.255. The summed E-state index contributed by atoms with van der Waals surface area (Å²) in [5, 5.41) is 0. The van der Waals surface area contributed by atoms with Gasteiger partial charge in [-0.15, -0.1) is 23.2 Å². The largest absolute Gasteiger partial charge is 0.457 e. The van der Waals surface area contributed by atoms with Gasteiger partial charge in [0.1, 0.15) is 9.75 Å². The maximum Gasteiger partial charge on any atom is 0.308 e. The van der Waals surface area contributed by atoms with Crippen molar-refractivity contribution in [3.05, 3.63) is 105 Å². The molecule has 2 atom stereocenters. The monoisotopic (exact) mass is 611 g/mol. The molecule has 3 aromatic carbocycles. The van der Waals surface area contributed by atoms with E-state index in [-0.39, 0.29) is 18.7 Å². The molecule has 0 radical (unpaired) electrons. The topological polar surface area (TPSA) is 80.8 Å². The average molecular weight is 613 g/mol. The Morgan fingerprint density at radius 3 is 1.68 bits per heavy atom. The molecule has 4 aliphatic rings. The number of alkyl halides is 2. The molecular weight excluding hydrogens is 593 g/mol. The fourth-order valence-corrected chi connectivity index (χ4v) is 7.45. The van der Waals surface area contributed by atoms with E-state index in [2.05, 4.69) is 15.9 Å². The molecule has 192 valence electrons. The number of hydrogen-bond donors (Lipinski definition) is 0. The number of imide groups is 1. The van der Waals surface area contributed by atoms with Crippen LogP contribution in [0.4, 0.5) is 0 Å². The molecule has 6 nitrogen and oxygen atoms in total. The Morgan fingerprint density at radius 2 is 1.24 bits per heavy atom. The number of esters is 1. The Balaban J connectivity index is 1.23. The van der Waals surface area contributed by atoms with Crippen LogP contribution in [0.25, 0.3) is 0 Å². The summed E-state index contributed by atoms with van der Waals surface area (Å²) in [5.41, 5.74) is 3.26. The van der Waals surface area contributed by atoms with Crippen molar-refractivity contribution in [2.24, 2.45) is 11.8 Å². The second-order valence-corrected chi connectivity index (χ2v) is 11.7. The number of rotatable bonds is 6. The van der Waals surface area contributed by atoms with Gasteiger partial charge >= 0.3 is 5.97 Å². The van der Waals surface area contributed by atoms with Gasteiger partial charge in [-0.25, -0.2) is 0 Å². The van der Waals surface area contributed by atoms with Crippen LogP contribution in [0.2, 0.25) is 0 Å². The van der Waals surface area contributed by atoms with Gasteiger partial charge in [0, 0.05) is 16.6 Å². The number of likely N-dealkylation sites (tertiary alicyclic amines) is 1. The van der Waals surface area contributed by atoms with Crippen LogP contribution in [0.3, 0.4) is 0 Å². The van der Waals surface area contributed by atoms with E-state index in [9.17, 15) is 19.2 Å². The number of Topliss-reactive ketones (excluding diaryl/α,β-unsaturated/α-hetero) is 1. The highest BCUT2D eigenvalue weighted by atomic mass is 79.9. The van der Waals surface area contributed by atoms with Crippen molar-refractivity contribution in [1.29, 1.82) is 0 Å². The summed E-state index contributed by atoms with van der Waals surface area (Å²) in [4.78, 5) is 50.8. The molecule has 0 aromatic heterocycles. The van der Waals surface area contributed by atoms with Crippen LogP contribution in [-0.4, -0.2) is 41.6 Å². The number of ketones is 1. The predicted octanol–water partition coefficient (Wildman–Crippen LogP) is 5.16. The van der Waals surface area contributed by atoms with Crippen molar-refractivity contribution < 1.29 is 23.9 Å². The molecule has 3 aromatic rings. The molecule has 9 heteroatoms. The molecule has 2 amide bonds. The zero-order valence-corrected chi connectivity index (χ0v) is 22.9. The van der Waals surface area contributed by atoms with Crippen molar-refractivity contribution in [2.45, 2.75) is 16.2 Å². The summed E-state index contributed by atoms with van der Waals surface area (Å²) < 4.78 is 5.95. The number of amides is 2. The highest BCUT2D eigenvalue weighted by Gasteiger charge is 2.72. The molecule has 1 fully saturated rings. The van der Waals surface area contributed by atoms with Gasteiger partial charge in [-0.05, 0) is 34.4 Å². The lowest BCUT2D eigenvalue weighted by Gasteiger charge is -2.54. The zero-order valence-electron chi connectivity index (χ0n) is 19.8. The molecular formula is C29H20BrCl2NO5. The second kappa shape index (κ2) is 9.04. The molecule has 0 N–H and O–H groups in total. The number of nitrogens with zero attached hydrogens (tertiary/aromatic N) is 1. The van der Waals surface area contributed by atoms with Gasteiger partial charge in [0.05, 0.1) is 18.3 Å². The van der Waals surface area contributed by atoms with Crippen molar-refractivity contribution >= 4 is 62.7 Å². The fraction of sp³-hybridized carbons (Fsp3) is 0.241. The molecule has 7 rings (SSSR count). The first-order valence-electron chi connectivity index (χ1n) is 12.1. The van der Waals surface area contributed by atoms with E-state index >= 15 is 0 Å². The molecule has 1 saturated heterocycles. The minimum atomic E-state index is -1.27. The number of carbonyl (C=O) groups excluding carboxylic acids is 4. The zero-order chi connectivity index (χ0) is 26.8. The van der Waals surface area contributed by atoms with Gasteiger partial charge in [0.25, 0.3) is 0 Å². The first-order valence-corrected chi connectivity index (χ1v) is 13.6. The van der Waals surface area contributed by atoms with E-state index in [1.807, 2.05) is 48.5 Å². The molecule has 0 saturated carbocycles. The normalized spacial score (nSPS) is 26.6. The summed E-state index contributed by atoms with van der Waals surface area (Å²) >= 11 is 18.0. The SMILES string of the molecule is O=C(CCN1C(=O)[C@@H]2[C@H](C1=O)C1(Cl)c3ccccc3C2(Cl)c2ccccc21)OCC(=O)c1ccc(Br)cc1. The highest BCUT2D eigenvalue weighted by Crippen LogP contribution is 2.69. The number of hydrogen-bond acceptors (Lipinski definition) is 5. The van der Waals surface area contributed by atoms with E-state index < -0.39 is 46.0 Å². The number of carbonyl (C=O) groups is 4. The van der Waals surface area contributed by atoms with E-state index in [4.69, 9.17) is 27.9 Å². The second-order valence-electron chi connectivity index (χ2n) is 9.64. The lowest BCUT2D eigenvalue weighted by atomic mass is 9.54. The number of ether oxygens (including phenoxy) is 1. The van der Waals surface area contributed by atoms with E-state index in [1.165, 1.54) is 0 Å². The standard InChI is InChI=1S/C29H20BrCl2NO5/c30-17-11-9-16(10-12-17)22(34)15-38-23(35)13-14-33-26(36)24-25(27(33)37)29(32)19-6-2-1-5-18(19)28(24,31)20-7-3-4-8-21(20)29/h1-12,24-25H,13-15H2/t24-,25+,28?,29?. The minimum Gasteiger partial charge on any atom is -0.457 e. The van der Waals surface area contributed by atoms with E-state index in [0.29, 0.717) is 27.8 Å². The molecule has 1 aliphatic heterocycles.